The Kier molecular flexibility index (Phi) is 11.0. The summed E-state index contributed by atoms with van der Waals surface area (Å²) < 4.78 is 10.4. The monoisotopic (exact) mass is 302 g/mol. The fourth-order valence-corrected chi connectivity index (χ4v) is 2.49. The van der Waals surface area contributed by atoms with Gasteiger partial charge in [-0.25, -0.2) is 0 Å². The molecule has 2 N–H and O–H groups in total. The third-order valence-corrected chi connectivity index (χ3v) is 3.74. The summed E-state index contributed by atoms with van der Waals surface area (Å²) in [5.41, 5.74) is 5.38. The highest BCUT2D eigenvalue weighted by Crippen LogP contribution is 2.00. The van der Waals surface area contributed by atoms with E-state index in [9.17, 15) is 0 Å². The van der Waals surface area contributed by atoms with Gasteiger partial charge in [0.25, 0.3) is 0 Å². The van der Waals surface area contributed by atoms with Gasteiger partial charge < -0.3 is 15.2 Å². The fraction of sp³-hybridized carbons (Fsp3) is 0.923. The summed E-state index contributed by atoms with van der Waals surface area (Å²) in [6.45, 7) is 10.4. The average Bonchev–Trinajstić information content (AvgIpc) is 2.51. The molecule has 0 bridgehead atoms. The van der Waals surface area contributed by atoms with Crippen LogP contribution < -0.4 is 5.73 Å². The molecule has 2 saturated heterocycles. The van der Waals surface area contributed by atoms with Crippen molar-refractivity contribution in [2.45, 2.75) is 0 Å². The van der Waals surface area contributed by atoms with E-state index < -0.39 is 0 Å². The van der Waals surface area contributed by atoms with Crippen molar-refractivity contribution in [3.8, 4) is 5.40 Å². The second kappa shape index (κ2) is 12.4. The minimum atomic E-state index is 0.764. The van der Waals surface area contributed by atoms with E-state index in [1.54, 1.807) is 0 Å². The van der Waals surface area contributed by atoms with Crippen LogP contribution in [-0.2, 0) is 9.47 Å². The molecule has 20 heavy (non-hydrogen) atoms. The van der Waals surface area contributed by atoms with Crippen LogP contribution in [0.4, 0.5) is 0 Å². The minimum absolute atomic E-state index is 0.764. The zero-order chi connectivity index (χ0) is 14.5. The maximum absolute atomic E-state index is 8.27. The molecule has 0 aromatic rings. The van der Waals surface area contributed by atoms with E-state index in [1.807, 2.05) is 0 Å². The van der Waals surface area contributed by atoms with Crippen molar-refractivity contribution in [1.29, 1.82) is 5.26 Å². The lowest BCUT2D eigenvalue weighted by Crippen LogP contribution is -2.39. The first-order valence-electron chi connectivity index (χ1n) is 7.18. The molecule has 0 unspecified atom stereocenters. The molecular formula is C13H26N4O2S. The molecule has 0 spiro atoms. The summed E-state index contributed by atoms with van der Waals surface area (Å²) in [5, 5.41) is 10.3. The number of nitrogens with zero attached hydrogens (tertiary/aromatic N) is 3. The van der Waals surface area contributed by atoms with Gasteiger partial charge in [0.05, 0.1) is 26.4 Å². The third-order valence-electron chi connectivity index (χ3n) is 3.23. The number of hydrogen-bond donors (Lipinski definition) is 1. The van der Waals surface area contributed by atoms with Gasteiger partial charge in [-0.3, -0.25) is 9.80 Å². The lowest BCUT2D eigenvalue weighted by Gasteiger charge is -2.25. The highest BCUT2D eigenvalue weighted by Gasteiger charge is 2.09. The second-order valence-corrected chi connectivity index (χ2v) is 5.52. The Morgan fingerprint density at radius 3 is 1.90 bits per heavy atom. The van der Waals surface area contributed by atoms with E-state index in [0.29, 0.717) is 0 Å². The van der Waals surface area contributed by atoms with Gasteiger partial charge in [0.1, 0.15) is 5.40 Å². The maximum Gasteiger partial charge on any atom is 0.133 e. The van der Waals surface area contributed by atoms with Crippen LogP contribution in [0.15, 0.2) is 0 Å². The molecule has 0 radical (unpaired) electrons. The van der Waals surface area contributed by atoms with Crippen LogP contribution in [0.3, 0.4) is 0 Å². The lowest BCUT2D eigenvalue weighted by atomic mass is 10.4. The van der Waals surface area contributed by atoms with Crippen molar-refractivity contribution in [1.82, 2.24) is 9.80 Å². The molecule has 2 rings (SSSR count). The number of thioether (sulfide) groups is 1. The predicted molar refractivity (Wildman–Crippen MR) is 81.6 cm³/mol. The van der Waals surface area contributed by atoms with Crippen molar-refractivity contribution in [2.75, 3.05) is 78.0 Å². The fourth-order valence-electron chi connectivity index (χ4n) is 2.05. The first-order chi connectivity index (χ1) is 9.86. The Balaban J connectivity index is 0.000000204. The molecule has 0 saturated carbocycles. The molecule has 2 aliphatic rings. The highest BCUT2D eigenvalue weighted by molar-refractivity contribution is 8.03. The van der Waals surface area contributed by atoms with Crippen molar-refractivity contribution in [3.05, 3.63) is 0 Å². The SMILES string of the molecule is N#CSCCN1CCOCC1.NCCN1CCOCC1. The summed E-state index contributed by atoms with van der Waals surface area (Å²) in [6.07, 6.45) is 0. The standard InChI is InChI=1S/C7H12N2OS.C6H14N2O/c8-7-11-6-3-9-1-4-10-5-2-9;7-1-2-8-3-5-9-6-4-8/h1-6H2;1-7H2. The number of morpholine rings is 2. The maximum atomic E-state index is 8.27. The summed E-state index contributed by atoms with van der Waals surface area (Å²) in [6, 6.07) is 0. The highest BCUT2D eigenvalue weighted by atomic mass is 32.2. The van der Waals surface area contributed by atoms with E-state index in [4.69, 9.17) is 20.5 Å². The quantitative estimate of drug-likeness (QED) is 0.557. The average molecular weight is 302 g/mol. The molecule has 0 aromatic heterocycles. The summed E-state index contributed by atoms with van der Waals surface area (Å²) >= 11 is 1.32. The molecule has 7 heteroatoms. The predicted octanol–water partition coefficient (Wildman–Crippen LogP) is -0.190. The van der Waals surface area contributed by atoms with Gasteiger partial charge in [0.15, 0.2) is 0 Å². The smallest absolute Gasteiger partial charge is 0.133 e. The zero-order valence-corrected chi connectivity index (χ0v) is 12.9. The number of ether oxygens (including phenoxy) is 2. The van der Waals surface area contributed by atoms with Gasteiger partial charge in [-0.15, -0.1) is 0 Å². The van der Waals surface area contributed by atoms with Crippen molar-refractivity contribution >= 4 is 11.8 Å². The Bertz CT molecular complexity index is 261. The topological polar surface area (TPSA) is 74.8 Å². The molecular weight excluding hydrogens is 276 g/mol. The van der Waals surface area contributed by atoms with Gasteiger partial charge in [0.2, 0.25) is 0 Å². The Morgan fingerprint density at radius 1 is 0.950 bits per heavy atom. The molecule has 116 valence electrons. The molecule has 0 amide bonds. The van der Waals surface area contributed by atoms with Crippen LogP contribution in [0.25, 0.3) is 0 Å². The number of hydrogen-bond acceptors (Lipinski definition) is 7. The second-order valence-electron chi connectivity index (χ2n) is 4.64. The largest absolute Gasteiger partial charge is 0.379 e. The minimum Gasteiger partial charge on any atom is -0.379 e. The number of rotatable bonds is 5. The van der Waals surface area contributed by atoms with Crippen molar-refractivity contribution < 1.29 is 9.47 Å². The zero-order valence-electron chi connectivity index (χ0n) is 12.1. The van der Waals surface area contributed by atoms with E-state index in [1.165, 1.54) is 11.8 Å². The molecule has 0 aliphatic carbocycles. The number of thiocyanates is 1. The molecule has 2 aliphatic heterocycles. The number of nitriles is 1. The van der Waals surface area contributed by atoms with Crippen LogP contribution in [0.1, 0.15) is 0 Å². The van der Waals surface area contributed by atoms with Crippen LogP contribution >= 0.6 is 11.8 Å². The van der Waals surface area contributed by atoms with E-state index in [0.717, 1.165) is 78.0 Å². The van der Waals surface area contributed by atoms with Gasteiger partial charge in [0, 0.05) is 51.6 Å². The van der Waals surface area contributed by atoms with Crippen LogP contribution in [0, 0.1) is 10.7 Å². The van der Waals surface area contributed by atoms with Crippen molar-refractivity contribution in [2.24, 2.45) is 5.73 Å². The Hall–Kier alpha value is -0.360. The van der Waals surface area contributed by atoms with Gasteiger partial charge >= 0.3 is 0 Å². The Labute approximate surface area is 126 Å². The molecule has 2 heterocycles. The van der Waals surface area contributed by atoms with Crippen molar-refractivity contribution in [3.63, 3.8) is 0 Å². The third kappa shape index (κ3) is 8.74. The van der Waals surface area contributed by atoms with Crippen LogP contribution in [0.5, 0.6) is 0 Å². The summed E-state index contributed by atoms with van der Waals surface area (Å²) in [4.78, 5) is 4.65. The first kappa shape index (κ1) is 17.7. The molecule has 6 nitrogen and oxygen atoms in total. The summed E-state index contributed by atoms with van der Waals surface area (Å²) in [5.74, 6) is 0.913. The van der Waals surface area contributed by atoms with Gasteiger partial charge in [-0.05, 0) is 11.8 Å². The molecule has 0 aromatic carbocycles. The summed E-state index contributed by atoms with van der Waals surface area (Å²) in [7, 11) is 0. The van der Waals surface area contributed by atoms with E-state index in [2.05, 4.69) is 15.2 Å². The normalized spacial score (nSPS) is 20.8. The lowest BCUT2D eigenvalue weighted by molar-refractivity contribution is 0.0394. The van der Waals surface area contributed by atoms with Crippen LogP contribution in [-0.4, -0.2) is 87.8 Å². The van der Waals surface area contributed by atoms with Gasteiger partial charge in [-0.2, -0.15) is 5.26 Å². The molecule has 2 fully saturated rings. The van der Waals surface area contributed by atoms with E-state index >= 15 is 0 Å². The van der Waals surface area contributed by atoms with Crippen LogP contribution in [0.2, 0.25) is 0 Å². The first-order valence-corrected chi connectivity index (χ1v) is 8.16. The number of nitrogens with two attached hydrogens (primary N) is 1. The molecule has 0 atom stereocenters. The van der Waals surface area contributed by atoms with E-state index in [-0.39, 0.29) is 0 Å². The Morgan fingerprint density at radius 2 is 1.45 bits per heavy atom. The van der Waals surface area contributed by atoms with Gasteiger partial charge in [-0.1, -0.05) is 0 Å².